The number of nitrogens with one attached hydrogen (secondary N) is 2. The Morgan fingerprint density at radius 3 is 2.83 bits per heavy atom. The second-order valence-electron chi connectivity index (χ2n) is 4.95. The van der Waals surface area contributed by atoms with Gasteiger partial charge in [0.1, 0.15) is 0 Å². The van der Waals surface area contributed by atoms with E-state index in [0.29, 0.717) is 22.4 Å². The van der Waals surface area contributed by atoms with Gasteiger partial charge < -0.3 is 5.73 Å². The molecule has 4 aromatic rings. The average Bonchev–Trinajstić information content (AvgIpc) is 3.20. The quantitative estimate of drug-likeness (QED) is 0.474. The van der Waals surface area contributed by atoms with E-state index in [-0.39, 0.29) is 17.3 Å². The molecular weight excluding hydrogens is 328 g/mol. The van der Waals surface area contributed by atoms with E-state index in [0.717, 1.165) is 5.56 Å². The Labute approximate surface area is 139 Å². The molecule has 0 radical (unpaired) electrons. The van der Waals surface area contributed by atoms with Gasteiger partial charge in [-0.15, -0.1) is 5.10 Å². The fraction of sp³-hybridized carbons (Fsp3) is 0.0714. The highest BCUT2D eigenvalue weighted by atomic mass is 32.2. The minimum absolute atomic E-state index is 0.144. The number of benzene rings is 1. The minimum atomic E-state index is -0.264. The normalized spacial score (nSPS) is 11.2. The van der Waals surface area contributed by atoms with Crippen LogP contribution in [0.25, 0.3) is 17.2 Å². The number of rotatable bonds is 4. The van der Waals surface area contributed by atoms with Crippen molar-refractivity contribution in [2.75, 3.05) is 5.73 Å². The average molecular weight is 340 g/mol. The molecule has 3 aromatic heterocycles. The van der Waals surface area contributed by atoms with Crippen LogP contribution >= 0.6 is 11.8 Å². The van der Waals surface area contributed by atoms with Crippen LogP contribution in [-0.4, -0.2) is 34.8 Å². The monoisotopic (exact) mass is 340 g/mol. The van der Waals surface area contributed by atoms with Crippen molar-refractivity contribution < 1.29 is 0 Å². The summed E-state index contributed by atoms with van der Waals surface area (Å²) in [6.45, 7) is 0. The number of anilines is 1. The smallest absolute Gasteiger partial charge is 0.274 e. The van der Waals surface area contributed by atoms with Gasteiger partial charge in [-0.1, -0.05) is 42.1 Å². The lowest BCUT2D eigenvalue weighted by Crippen LogP contribution is -2.15. The molecule has 0 saturated carbocycles. The van der Waals surface area contributed by atoms with Gasteiger partial charge in [-0.05, 0) is 0 Å². The van der Waals surface area contributed by atoms with Crippen LogP contribution in [-0.2, 0) is 5.75 Å². The molecule has 0 aliphatic heterocycles. The van der Waals surface area contributed by atoms with Crippen LogP contribution < -0.4 is 11.3 Å². The Morgan fingerprint density at radius 2 is 2.00 bits per heavy atom. The summed E-state index contributed by atoms with van der Waals surface area (Å²) in [4.78, 5) is 24.6. The lowest BCUT2D eigenvalue weighted by atomic mass is 10.2. The van der Waals surface area contributed by atoms with Crippen LogP contribution in [0.1, 0.15) is 5.69 Å². The Morgan fingerprint density at radius 1 is 1.17 bits per heavy atom. The molecule has 0 fully saturated rings. The number of nitrogens with zero attached hydrogens (tertiary/aromatic N) is 5. The van der Waals surface area contributed by atoms with Crippen LogP contribution in [0.5, 0.6) is 0 Å². The molecule has 120 valence electrons. The molecule has 4 rings (SSSR count). The van der Waals surface area contributed by atoms with Crippen molar-refractivity contribution in [2.45, 2.75) is 10.9 Å². The molecule has 0 aliphatic rings. The SMILES string of the molecule is Nc1nc2nc(CSc3n[nH]c(-c4ccccc4)n3)cc(=O)n2[nH]1. The van der Waals surface area contributed by atoms with Crippen molar-refractivity contribution in [3.63, 3.8) is 0 Å². The number of hydrogen-bond acceptors (Lipinski definition) is 7. The lowest BCUT2D eigenvalue weighted by Gasteiger charge is -1.97. The van der Waals surface area contributed by atoms with Gasteiger partial charge in [0, 0.05) is 17.4 Å². The Hall–Kier alpha value is -3.14. The molecule has 0 saturated heterocycles. The number of nitrogen functional groups attached to an aromatic ring is 1. The van der Waals surface area contributed by atoms with Crippen molar-refractivity contribution in [3.05, 3.63) is 52.4 Å². The summed E-state index contributed by atoms with van der Waals surface area (Å²) in [6.07, 6.45) is 0. The summed E-state index contributed by atoms with van der Waals surface area (Å²) in [7, 11) is 0. The van der Waals surface area contributed by atoms with Crippen LogP contribution in [0, 0.1) is 0 Å². The Kier molecular flexibility index (Phi) is 3.50. The van der Waals surface area contributed by atoms with Crippen LogP contribution in [0.2, 0.25) is 0 Å². The Bertz CT molecular complexity index is 1050. The van der Waals surface area contributed by atoms with Gasteiger partial charge >= 0.3 is 0 Å². The molecule has 0 amide bonds. The van der Waals surface area contributed by atoms with E-state index in [2.05, 4.69) is 30.2 Å². The molecule has 0 unspecified atom stereocenters. The van der Waals surface area contributed by atoms with Crippen molar-refractivity contribution in [3.8, 4) is 11.4 Å². The zero-order chi connectivity index (χ0) is 16.5. The van der Waals surface area contributed by atoms with Crippen LogP contribution in [0.15, 0.2) is 46.3 Å². The molecule has 10 heteroatoms. The fourth-order valence-corrected chi connectivity index (χ4v) is 2.88. The summed E-state index contributed by atoms with van der Waals surface area (Å²) in [5.41, 5.74) is 6.82. The molecule has 0 bridgehead atoms. The largest absolute Gasteiger partial charge is 0.368 e. The number of nitrogens with two attached hydrogens (primary N) is 1. The standard InChI is InChI=1S/C14H12N8OS/c15-12-18-13-16-9(6-10(23)22(13)21-12)7-24-14-17-11(19-20-14)8-4-2-1-3-5-8/h1-6H,7H2,(H,17,19,20)(H3,15,16,18,21). The molecule has 1 aromatic carbocycles. The third kappa shape index (κ3) is 2.74. The van der Waals surface area contributed by atoms with Gasteiger partial charge in [-0.3, -0.25) is 15.0 Å². The van der Waals surface area contributed by atoms with Gasteiger partial charge in [0.25, 0.3) is 11.3 Å². The van der Waals surface area contributed by atoms with Gasteiger partial charge in [0.2, 0.25) is 11.1 Å². The molecular formula is C14H12N8OS. The summed E-state index contributed by atoms with van der Waals surface area (Å²) < 4.78 is 1.20. The number of aromatic amines is 2. The highest BCUT2D eigenvalue weighted by Gasteiger charge is 2.09. The Balaban J connectivity index is 1.53. The summed E-state index contributed by atoms with van der Waals surface area (Å²) >= 11 is 1.38. The van der Waals surface area contributed by atoms with E-state index in [1.54, 1.807) is 0 Å². The van der Waals surface area contributed by atoms with Gasteiger partial charge in [-0.2, -0.15) is 9.50 Å². The van der Waals surface area contributed by atoms with Crippen LogP contribution in [0.4, 0.5) is 5.95 Å². The van der Waals surface area contributed by atoms with Crippen molar-refractivity contribution in [2.24, 2.45) is 0 Å². The molecule has 9 nitrogen and oxygen atoms in total. The first-order valence-electron chi connectivity index (χ1n) is 7.04. The number of thioether (sulfide) groups is 1. The topological polar surface area (TPSA) is 131 Å². The third-order valence-corrected chi connectivity index (χ3v) is 4.14. The van der Waals surface area contributed by atoms with E-state index < -0.39 is 0 Å². The van der Waals surface area contributed by atoms with Gasteiger partial charge in [0.15, 0.2) is 5.82 Å². The van der Waals surface area contributed by atoms with E-state index in [9.17, 15) is 4.79 Å². The maximum atomic E-state index is 12.0. The maximum Gasteiger partial charge on any atom is 0.274 e. The van der Waals surface area contributed by atoms with E-state index in [1.165, 1.54) is 22.3 Å². The first kappa shape index (κ1) is 14.5. The minimum Gasteiger partial charge on any atom is -0.368 e. The maximum absolute atomic E-state index is 12.0. The predicted molar refractivity (Wildman–Crippen MR) is 89.4 cm³/mol. The third-order valence-electron chi connectivity index (χ3n) is 3.26. The molecule has 3 heterocycles. The molecule has 0 spiro atoms. The van der Waals surface area contributed by atoms with E-state index >= 15 is 0 Å². The highest BCUT2D eigenvalue weighted by molar-refractivity contribution is 7.98. The van der Waals surface area contributed by atoms with Crippen molar-refractivity contribution in [1.29, 1.82) is 0 Å². The second-order valence-corrected chi connectivity index (χ2v) is 5.89. The molecule has 4 N–H and O–H groups in total. The summed E-state index contributed by atoms with van der Waals surface area (Å²) in [6, 6.07) is 11.2. The predicted octanol–water partition coefficient (Wildman–Crippen LogP) is 1.08. The molecule has 24 heavy (non-hydrogen) atoms. The van der Waals surface area contributed by atoms with Crippen molar-refractivity contribution >= 4 is 23.5 Å². The highest BCUT2D eigenvalue weighted by Crippen LogP contribution is 2.21. The van der Waals surface area contributed by atoms with Gasteiger partial charge in [0.05, 0.1) is 5.69 Å². The number of H-pyrrole nitrogens is 2. The number of fused-ring (bicyclic) bond motifs is 1. The zero-order valence-corrected chi connectivity index (χ0v) is 13.1. The fourth-order valence-electron chi connectivity index (χ4n) is 2.19. The van der Waals surface area contributed by atoms with Crippen molar-refractivity contribution in [1.82, 2.24) is 34.8 Å². The summed E-state index contributed by atoms with van der Waals surface area (Å²) in [5.74, 6) is 1.54. The lowest BCUT2D eigenvalue weighted by molar-refractivity contribution is 0.890. The van der Waals surface area contributed by atoms with Gasteiger partial charge in [-0.25, -0.2) is 9.97 Å². The molecule has 0 atom stereocenters. The van der Waals surface area contributed by atoms with E-state index in [4.69, 9.17) is 5.73 Å². The summed E-state index contributed by atoms with van der Waals surface area (Å²) in [5, 5.41) is 10.3. The first-order valence-corrected chi connectivity index (χ1v) is 8.02. The number of hydrogen-bond donors (Lipinski definition) is 3. The zero-order valence-electron chi connectivity index (χ0n) is 12.3. The van der Waals surface area contributed by atoms with Crippen LogP contribution in [0.3, 0.4) is 0 Å². The molecule has 0 aliphatic carbocycles. The number of aromatic nitrogens is 7. The second kappa shape index (κ2) is 5.81. The first-order chi connectivity index (χ1) is 11.7. The van der Waals surface area contributed by atoms with E-state index in [1.807, 2.05) is 30.3 Å².